The molecule has 0 saturated carbocycles. The van der Waals surface area contributed by atoms with E-state index in [4.69, 9.17) is 21.1 Å². The molecular weight excluding hydrogens is 348 g/mol. The minimum Gasteiger partial charge on any atom is -0.481 e. The predicted octanol–water partition coefficient (Wildman–Crippen LogP) is 2.74. The summed E-state index contributed by atoms with van der Waals surface area (Å²) in [7, 11) is 1.43. The van der Waals surface area contributed by atoms with Crippen molar-refractivity contribution in [2.24, 2.45) is 5.41 Å². The lowest BCUT2D eigenvalue weighted by Gasteiger charge is -2.16. The molecule has 0 fully saturated rings. The first-order chi connectivity index (χ1) is 11.7. The van der Waals surface area contributed by atoms with Crippen LogP contribution in [-0.4, -0.2) is 33.8 Å². The van der Waals surface area contributed by atoms with Gasteiger partial charge in [0.05, 0.1) is 30.6 Å². The Hall–Kier alpha value is -2.61. The van der Waals surface area contributed by atoms with Crippen LogP contribution in [0.5, 0.6) is 5.88 Å². The van der Waals surface area contributed by atoms with E-state index >= 15 is 0 Å². The predicted molar refractivity (Wildman–Crippen MR) is 91.5 cm³/mol. The third kappa shape index (κ3) is 5.18. The zero-order valence-corrected chi connectivity index (χ0v) is 15.1. The Morgan fingerprint density at radius 3 is 2.68 bits per heavy atom. The summed E-state index contributed by atoms with van der Waals surface area (Å²) in [6, 6.07) is 2.89. The molecule has 1 amide bonds. The highest BCUT2D eigenvalue weighted by atomic mass is 35.5. The maximum absolute atomic E-state index is 12.3. The highest BCUT2D eigenvalue weighted by Gasteiger charge is 2.23. The van der Waals surface area contributed by atoms with Crippen molar-refractivity contribution in [3.05, 3.63) is 35.2 Å². The van der Waals surface area contributed by atoms with Gasteiger partial charge in [0.15, 0.2) is 6.73 Å². The van der Waals surface area contributed by atoms with E-state index in [1.165, 1.54) is 30.1 Å². The van der Waals surface area contributed by atoms with Gasteiger partial charge in [-0.3, -0.25) is 9.59 Å². The molecule has 0 bridgehead atoms. The van der Waals surface area contributed by atoms with Gasteiger partial charge in [0.2, 0.25) is 5.88 Å². The van der Waals surface area contributed by atoms with E-state index in [0.717, 1.165) is 0 Å². The smallest absolute Gasteiger partial charge is 0.313 e. The normalized spacial score (nSPS) is 11.1. The molecule has 2 aromatic heterocycles. The molecule has 1 N–H and O–H groups in total. The van der Waals surface area contributed by atoms with Gasteiger partial charge < -0.3 is 14.8 Å². The number of carbonyl (C=O) groups is 2. The number of hydrogen-bond donors (Lipinski definition) is 1. The summed E-state index contributed by atoms with van der Waals surface area (Å²) in [5.74, 6) is -0.497. The van der Waals surface area contributed by atoms with Gasteiger partial charge >= 0.3 is 5.97 Å². The van der Waals surface area contributed by atoms with E-state index in [9.17, 15) is 9.59 Å². The lowest BCUT2D eigenvalue weighted by molar-refractivity contribution is -0.157. The van der Waals surface area contributed by atoms with Crippen molar-refractivity contribution in [3.63, 3.8) is 0 Å². The summed E-state index contributed by atoms with van der Waals surface area (Å²) < 4.78 is 11.5. The quantitative estimate of drug-likeness (QED) is 0.645. The van der Waals surface area contributed by atoms with Crippen molar-refractivity contribution < 1.29 is 19.1 Å². The van der Waals surface area contributed by atoms with Crippen LogP contribution in [0, 0.1) is 5.41 Å². The van der Waals surface area contributed by atoms with Gasteiger partial charge in [0.1, 0.15) is 5.15 Å². The number of aromatic nitrogens is 3. The Morgan fingerprint density at radius 1 is 1.32 bits per heavy atom. The van der Waals surface area contributed by atoms with Gasteiger partial charge in [-0.1, -0.05) is 11.6 Å². The molecule has 0 unspecified atom stereocenters. The number of nitrogens with one attached hydrogen (secondary N) is 1. The van der Waals surface area contributed by atoms with Crippen LogP contribution in [0.15, 0.2) is 24.5 Å². The number of halogens is 1. The van der Waals surface area contributed by atoms with Crippen LogP contribution in [0.4, 0.5) is 5.69 Å². The molecule has 9 heteroatoms. The molecule has 0 aliphatic rings. The second kappa shape index (κ2) is 7.52. The zero-order chi connectivity index (χ0) is 18.6. The van der Waals surface area contributed by atoms with E-state index < -0.39 is 11.3 Å². The van der Waals surface area contributed by atoms with Gasteiger partial charge in [-0.2, -0.15) is 5.10 Å². The monoisotopic (exact) mass is 366 g/mol. The first kappa shape index (κ1) is 18.7. The molecule has 0 saturated heterocycles. The summed E-state index contributed by atoms with van der Waals surface area (Å²) in [6.45, 7) is 5.25. The molecule has 0 aromatic carbocycles. The average Bonchev–Trinajstić information content (AvgIpc) is 2.98. The number of amides is 1. The molecule has 2 aromatic rings. The number of hydrogen-bond acceptors (Lipinski definition) is 6. The van der Waals surface area contributed by atoms with Crippen LogP contribution >= 0.6 is 11.6 Å². The van der Waals surface area contributed by atoms with Crippen LogP contribution < -0.4 is 10.1 Å². The topological polar surface area (TPSA) is 95.3 Å². The van der Waals surface area contributed by atoms with Gasteiger partial charge in [0, 0.05) is 11.6 Å². The third-order valence-corrected chi connectivity index (χ3v) is 3.27. The highest BCUT2D eigenvalue weighted by molar-refractivity contribution is 6.30. The number of ether oxygens (including phenoxy) is 2. The van der Waals surface area contributed by atoms with E-state index in [1.807, 2.05) is 0 Å². The minimum absolute atomic E-state index is 0.0408. The van der Waals surface area contributed by atoms with E-state index in [1.54, 1.807) is 27.0 Å². The SMILES string of the molecule is COc1cc(C(=O)Nc2cnn(COC(=O)C(C)(C)C)c2)cc(Cl)n1. The molecule has 0 radical (unpaired) electrons. The first-order valence-electron chi connectivity index (χ1n) is 7.41. The molecule has 0 atom stereocenters. The van der Waals surface area contributed by atoms with E-state index in [0.29, 0.717) is 11.3 Å². The maximum Gasteiger partial charge on any atom is 0.313 e. The van der Waals surface area contributed by atoms with Gasteiger partial charge in [0.25, 0.3) is 5.91 Å². The standard InChI is InChI=1S/C16H19ClN4O4/c1-16(2,3)15(23)25-9-21-8-11(7-18-21)19-14(22)10-5-12(17)20-13(6-10)24-4/h5-8H,9H2,1-4H3,(H,19,22). The van der Waals surface area contributed by atoms with Crippen LogP contribution in [0.3, 0.4) is 0 Å². The number of methoxy groups -OCH3 is 1. The summed E-state index contributed by atoms with van der Waals surface area (Å²) >= 11 is 5.85. The summed E-state index contributed by atoms with van der Waals surface area (Å²) in [6.07, 6.45) is 3.00. The van der Waals surface area contributed by atoms with Crippen molar-refractivity contribution in [2.45, 2.75) is 27.5 Å². The van der Waals surface area contributed by atoms with Crippen LogP contribution in [0.2, 0.25) is 5.15 Å². The molecule has 134 valence electrons. The molecule has 0 spiro atoms. The molecule has 0 aliphatic carbocycles. The molecular formula is C16H19ClN4O4. The largest absolute Gasteiger partial charge is 0.481 e. The fourth-order valence-electron chi connectivity index (χ4n) is 1.75. The van der Waals surface area contributed by atoms with Crippen molar-refractivity contribution in [1.82, 2.24) is 14.8 Å². The Morgan fingerprint density at radius 2 is 2.04 bits per heavy atom. The molecule has 8 nitrogen and oxygen atoms in total. The number of esters is 1. The second-order valence-corrected chi connectivity index (χ2v) is 6.64. The van der Waals surface area contributed by atoms with E-state index in [-0.39, 0.29) is 23.7 Å². The average molecular weight is 367 g/mol. The van der Waals surface area contributed by atoms with Crippen molar-refractivity contribution in [3.8, 4) is 5.88 Å². The summed E-state index contributed by atoms with van der Waals surface area (Å²) in [4.78, 5) is 27.9. The first-order valence-corrected chi connectivity index (χ1v) is 7.79. The van der Waals surface area contributed by atoms with E-state index in [2.05, 4.69) is 15.4 Å². The Kier molecular flexibility index (Phi) is 5.63. The second-order valence-electron chi connectivity index (χ2n) is 6.25. The van der Waals surface area contributed by atoms with Crippen LogP contribution in [0.25, 0.3) is 0 Å². The maximum atomic E-state index is 12.3. The lowest BCUT2D eigenvalue weighted by Crippen LogP contribution is -2.24. The number of anilines is 1. The lowest BCUT2D eigenvalue weighted by atomic mass is 9.98. The zero-order valence-electron chi connectivity index (χ0n) is 14.4. The fraction of sp³-hybridized carbons (Fsp3) is 0.375. The molecule has 2 heterocycles. The number of carbonyl (C=O) groups excluding carboxylic acids is 2. The van der Waals surface area contributed by atoms with Gasteiger partial charge in [-0.15, -0.1) is 0 Å². The number of nitrogens with zero attached hydrogens (tertiary/aromatic N) is 3. The van der Waals surface area contributed by atoms with Gasteiger partial charge in [-0.05, 0) is 26.8 Å². The highest BCUT2D eigenvalue weighted by Crippen LogP contribution is 2.18. The van der Waals surface area contributed by atoms with Crippen LogP contribution in [0.1, 0.15) is 31.1 Å². The Bertz CT molecular complexity index is 783. The molecule has 25 heavy (non-hydrogen) atoms. The van der Waals surface area contributed by atoms with Crippen molar-refractivity contribution >= 4 is 29.2 Å². The fourth-order valence-corrected chi connectivity index (χ4v) is 1.95. The summed E-state index contributed by atoms with van der Waals surface area (Å²) in [5, 5.41) is 6.85. The Labute approximate surface area is 150 Å². The Balaban J connectivity index is 2.00. The minimum atomic E-state index is -0.593. The molecule has 2 rings (SSSR count). The molecule has 0 aliphatic heterocycles. The van der Waals surface area contributed by atoms with Crippen LogP contribution in [-0.2, 0) is 16.3 Å². The third-order valence-electron chi connectivity index (χ3n) is 3.07. The van der Waals surface area contributed by atoms with Crippen molar-refractivity contribution in [2.75, 3.05) is 12.4 Å². The summed E-state index contributed by atoms with van der Waals surface area (Å²) in [5.41, 5.74) is 0.150. The number of rotatable bonds is 5. The van der Waals surface area contributed by atoms with Crippen molar-refractivity contribution in [1.29, 1.82) is 0 Å². The number of pyridine rings is 1. The van der Waals surface area contributed by atoms with Gasteiger partial charge in [-0.25, -0.2) is 9.67 Å².